The Hall–Kier alpha value is -1.94. The van der Waals surface area contributed by atoms with Gasteiger partial charge in [0.2, 0.25) is 0 Å². The van der Waals surface area contributed by atoms with Crippen LogP contribution in [-0.4, -0.2) is 96.7 Å². The molecule has 7 atom stereocenters. The first-order chi connectivity index (χ1) is 51.2. The lowest BCUT2D eigenvalue weighted by molar-refractivity contribution is -0.161. The van der Waals surface area contributed by atoms with Crippen molar-refractivity contribution in [3.8, 4) is 0 Å². The predicted molar refractivity (Wildman–Crippen MR) is 437 cm³/mol. The Morgan fingerprint density at radius 2 is 0.453 bits per heavy atom. The molecule has 0 aliphatic rings. The minimum atomic E-state index is -4.97. The van der Waals surface area contributed by atoms with E-state index in [1.165, 1.54) is 250 Å². The quantitative estimate of drug-likeness (QED) is 0.0222. The van der Waals surface area contributed by atoms with Crippen LogP contribution < -0.4 is 0 Å². The summed E-state index contributed by atoms with van der Waals surface area (Å²) in [5.41, 5.74) is 0. The molecule has 0 heterocycles. The highest BCUT2D eigenvalue weighted by molar-refractivity contribution is 7.47. The van der Waals surface area contributed by atoms with E-state index in [4.69, 9.17) is 37.0 Å². The van der Waals surface area contributed by atoms with Gasteiger partial charge in [0, 0.05) is 25.7 Å². The van der Waals surface area contributed by atoms with Crippen LogP contribution in [0.25, 0.3) is 0 Å². The van der Waals surface area contributed by atoms with E-state index in [-0.39, 0.29) is 25.7 Å². The Kier molecular flexibility index (Phi) is 74.3. The van der Waals surface area contributed by atoms with Crippen molar-refractivity contribution in [3.63, 3.8) is 0 Å². The van der Waals surface area contributed by atoms with Gasteiger partial charge in [-0.05, 0) is 49.4 Å². The normalized spacial score (nSPS) is 14.4. The SMILES string of the molecule is CCC(C)CCCCCCCCCCCCC(=O)O[C@H](COC(=O)CCCCCCCCC(C)CC)COP(=O)(O)OC[C@H](O)COP(=O)(O)OC[C@@H](COC(=O)CCCCCCCCCCCCCCCCCCCCC(C)C)OC(=O)CCCCCCCCCCCCCCCCCCCCC(C)C. The molecule has 0 amide bonds. The standard InChI is InChI=1S/C87H170O17P2/c1-9-79(7)65-57-49-41-35-31-32-38-44-54-62-70-87(92)104-83(74-98-85(90)68-60-52-46-45-50-58-66-80(8)10-2)76-102-106(95,96)100-72-81(88)71-99-105(93,94)101-75-82(103-86(91)69-61-53-43-37-30-26-22-18-14-12-16-20-24-28-34-40-48-56-64-78(5)6)73-97-84(89)67-59-51-42-36-29-25-21-17-13-11-15-19-23-27-33-39-47-55-63-77(3)4/h77-83,88H,9-76H2,1-8H3,(H,93,94)(H,95,96)/t79?,80?,81-,82-,83-/m1/s1. The van der Waals surface area contributed by atoms with E-state index in [0.29, 0.717) is 25.7 Å². The van der Waals surface area contributed by atoms with E-state index in [0.717, 1.165) is 120 Å². The minimum Gasteiger partial charge on any atom is -0.462 e. The molecule has 0 aliphatic carbocycles. The Morgan fingerprint density at radius 3 is 0.670 bits per heavy atom. The molecule has 106 heavy (non-hydrogen) atoms. The summed E-state index contributed by atoms with van der Waals surface area (Å²) >= 11 is 0. The van der Waals surface area contributed by atoms with E-state index >= 15 is 0 Å². The van der Waals surface area contributed by atoms with Crippen molar-refractivity contribution in [2.24, 2.45) is 23.7 Å². The smallest absolute Gasteiger partial charge is 0.462 e. The fourth-order valence-corrected chi connectivity index (χ4v) is 15.0. The molecule has 0 spiro atoms. The van der Waals surface area contributed by atoms with Crippen molar-refractivity contribution < 1.29 is 80.2 Å². The number of phosphoric ester groups is 2. The Balaban J connectivity index is 5.22. The molecular formula is C87H170O17P2. The van der Waals surface area contributed by atoms with E-state index in [9.17, 15) is 43.2 Å². The van der Waals surface area contributed by atoms with Gasteiger partial charge in [0.15, 0.2) is 12.2 Å². The molecular weight excluding hydrogens is 1380 g/mol. The van der Waals surface area contributed by atoms with Crippen molar-refractivity contribution in [1.29, 1.82) is 0 Å². The molecule has 0 saturated carbocycles. The zero-order valence-electron chi connectivity index (χ0n) is 70.1. The largest absolute Gasteiger partial charge is 0.472 e. The third-order valence-electron chi connectivity index (χ3n) is 21.0. The van der Waals surface area contributed by atoms with Crippen molar-refractivity contribution in [3.05, 3.63) is 0 Å². The molecule has 0 saturated heterocycles. The zero-order valence-corrected chi connectivity index (χ0v) is 71.9. The van der Waals surface area contributed by atoms with Gasteiger partial charge in [-0.1, -0.05) is 402 Å². The van der Waals surface area contributed by atoms with Gasteiger partial charge < -0.3 is 33.8 Å². The second-order valence-corrected chi connectivity index (χ2v) is 35.6. The van der Waals surface area contributed by atoms with Crippen molar-refractivity contribution >= 4 is 39.5 Å². The molecule has 0 radical (unpaired) electrons. The second-order valence-electron chi connectivity index (χ2n) is 32.7. The first-order valence-corrected chi connectivity index (χ1v) is 47.8. The average Bonchev–Trinajstić information content (AvgIpc) is 0.919. The summed E-state index contributed by atoms with van der Waals surface area (Å²) in [6, 6.07) is 0. The number of hydrogen-bond donors (Lipinski definition) is 3. The number of aliphatic hydroxyl groups is 1. The lowest BCUT2D eigenvalue weighted by atomic mass is 9.99. The van der Waals surface area contributed by atoms with Crippen LogP contribution in [0.3, 0.4) is 0 Å². The number of ether oxygens (including phenoxy) is 4. The molecule has 0 rings (SSSR count). The summed E-state index contributed by atoms with van der Waals surface area (Å²) in [6.45, 7) is 14.3. The topological polar surface area (TPSA) is 237 Å². The molecule has 19 heteroatoms. The number of carbonyl (C=O) groups is 4. The Labute approximate surface area is 651 Å². The van der Waals surface area contributed by atoms with Crippen LogP contribution in [-0.2, 0) is 65.4 Å². The zero-order chi connectivity index (χ0) is 78.1. The highest BCUT2D eigenvalue weighted by atomic mass is 31.2. The molecule has 0 aromatic carbocycles. The van der Waals surface area contributed by atoms with Gasteiger partial charge >= 0.3 is 39.5 Å². The summed E-state index contributed by atoms with van der Waals surface area (Å²) in [5.74, 6) is 1.07. The van der Waals surface area contributed by atoms with Gasteiger partial charge in [-0.25, -0.2) is 9.13 Å². The van der Waals surface area contributed by atoms with Crippen molar-refractivity contribution in [2.75, 3.05) is 39.6 Å². The van der Waals surface area contributed by atoms with E-state index in [1.807, 2.05) is 0 Å². The lowest BCUT2D eigenvalue weighted by Gasteiger charge is -2.21. The first kappa shape index (κ1) is 104. The van der Waals surface area contributed by atoms with Gasteiger partial charge in [-0.3, -0.25) is 37.3 Å². The molecule has 0 aliphatic heterocycles. The fourth-order valence-electron chi connectivity index (χ4n) is 13.4. The third-order valence-corrected chi connectivity index (χ3v) is 22.9. The number of carbonyl (C=O) groups excluding carboxylic acids is 4. The van der Waals surface area contributed by atoms with Crippen molar-refractivity contribution in [2.45, 2.75) is 472 Å². The van der Waals surface area contributed by atoms with Gasteiger partial charge in [-0.2, -0.15) is 0 Å². The average molecular weight is 1550 g/mol. The Bertz CT molecular complexity index is 2060. The van der Waals surface area contributed by atoms with Gasteiger partial charge in [0.1, 0.15) is 19.3 Å². The molecule has 0 aromatic heterocycles. The number of aliphatic hydroxyl groups excluding tert-OH is 1. The van der Waals surface area contributed by atoms with Crippen molar-refractivity contribution in [1.82, 2.24) is 0 Å². The number of unbranched alkanes of at least 4 members (excludes halogenated alkanes) is 48. The maximum atomic E-state index is 13.2. The van der Waals surface area contributed by atoms with Gasteiger partial charge in [-0.15, -0.1) is 0 Å². The van der Waals surface area contributed by atoms with E-state index in [2.05, 4.69) is 55.4 Å². The Morgan fingerprint density at radius 1 is 0.264 bits per heavy atom. The number of rotatable bonds is 84. The maximum absolute atomic E-state index is 13.2. The summed E-state index contributed by atoms with van der Waals surface area (Å²) in [5, 5.41) is 10.7. The molecule has 17 nitrogen and oxygen atoms in total. The predicted octanol–water partition coefficient (Wildman–Crippen LogP) is 26.3. The molecule has 0 aromatic rings. The molecule has 3 N–H and O–H groups in total. The lowest BCUT2D eigenvalue weighted by Crippen LogP contribution is -2.30. The first-order valence-electron chi connectivity index (χ1n) is 44.8. The summed E-state index contributed by atoms with van der Waals surface area (Å²) < 4.78 is 68.9. The van der Waals surface area contributed by atoms with Gasteiger partial charge in [0.05, 0.1) is 26.4 Å². The second kappa shape index (κ2) is 75.7. The van der Waals surface area contributed by atoms with Crippen LogP contribution >= 0.6 is 15.6 Å². The van der Waals surface area contributed by atoms with E-state index in [1.54, 1.807) is 0 Å². The minimum absolute atomic E-state index is 0.105. The van der Waals surface area contributed by atoms with Gasteiger partial charge in [0.25, 0.3) is 0 Å². The fraction of sp³-hybridized carbons (Fsp3) is 0.954. The molecule has 630 valence electrons. The highest BCUT2D eigenvalue weighted by Crippen LogP contribution is 2.45. The van der Waals surface area contributed by atoms with Crippen LogP contribution in [0.5, 0.6) is 0 Å². The molecule has 0 bridgehead atoms. The van der Waals surface area contributed by atoms with Crippen LogP contribution in [0.4, 0.5) is 0 Å². The van der Waals surface area contributed by atoms with Crippen LogP contribution in [0, 0.1) is 23.7 Å². The van der Waals surface area contributed by atoms with Crippen LogP contribution in [0.15, 0.2) is 0 Å². The van der Waals surface area contributed by atoms with Crippen LogP contribution in [0.2, 0.25) is 0 Å². The molecule has 0 fully saturated rings. The van der Waals surface area contributed by atoms with E-state index < -0.39 is 97.5 Å². The molecule has 4 unspecified atom stereocenters. The third kappa shape index (κ3) is 77.4. The van der Waals surface area contributed by atoms with Crippen LogP contribution in [0.1, 0.15) is 453 Å². The number of phosphoric acid groups is 2. The summed E-state index contributed by atoms with van der Waals surface area (Å²) in [6.07, 6.45) is 65.4. The number of hydrogen-bond acceptors (Lipinski definition) is 15. The highest BCUT2D eigenvalue weighted by Gasteiger charge is 2.31. The number of esters is 4. The monoisotopic (exact) mass is 1550 g/mol. The summed E-state index contributed by atoms with van der Waals surface area (Å²) in [7, 11) is -9.93. The maximum Gasteiger partial charge on any atom is 0.472 e. The summed E-state index contributed by atoms with van der Waals surface area (Å²) in [4.78, 5) is 73.2.